The summed E-state index contributed by atoms with van der Waals surface area (Å²) in [5, 5.41) is 7.94. The molecule has 2 saturated heterocycles. The minimum Gasteiger partial charge on any atom is -0.347 e. The molecule has 7 nitrogen and oxygen atoms in total. The molecule has 2 fully saturated rings. The average molecular weight is 252 g/mol. The molecule has 18 heavy (non-hydrogen) atoms. The highest BCUT2D eigenvalue weighted by atomic mass is 16.7. The van der Waals surface area contributed by atoms with Gasteiger partial charge in [0, 0.05) is 33.0 Å². The van der Waals surface area contributed by atoms with Crippen LogP contribution in [-0.2, 0) is 16.5 Å². The van der Waals surface area contributed by atoms with Gasteiger partial charge in [0.25, 0.3) is 5.91 Å². The second-order valence-corrected chi connectivity index (χ2v) is 4.62. The van der Waals surface area contributed by atoms with Gasteiger partial charge < -0.3 is 14.4 Å². The standard InChI is InChI=1S/C11H16N4O3/c1-14-12-8-9(13-14)10(16)15-4-2-11(3-5-15)17-6-7-18-11/h8H,2-7H2,1H3. The van der Waals surface area contributed by atoms with E-state index < -0.39 is 5.79 Å². The molecule has 3 rings (SSSR count). The Morgan fingerprint density at radius 3 is 2.56 bits per heavy atom. The number of carbonyl (C=O) groups excluding carboxylic acids is 1. The molecule has 0 bridgehead atoms. The number of carbonyl (C=O) groups is 1. The molecule has 3 heterocycles. The van der Waals surface area contributed by atoms with Crippen LogP contribution in [0.5, 0.6) is 0 Å². The van der Waals surface area contributed by atoms with Crippen LogP contribution >= 0.6 is 0 Å². The number of amides is 1. The Labute approximate surface area is 105 Å². The van der Waals surface area contributed by atoms with E-state index in [1.807, 2.05) is 0 Å². The fraction of sp³-hybridized carbons (Fsp3) is 0.727. The summed E-state index contributed by atoms with van der Waals surface area (Å²) >= 11 is 0. The highest BCUT2D eigenvalue weighted by molar-refractivity contribution is 5.91. The maximum Gasteiger partial charge on any atom is 0.276 e. The van der Waals surface area contributed by atoms with Gasteiger partial charge in [-0.25, -0.2) is 0 Å². The molecule has 0 aromatic carbocycles. The molecule has 2 aliphatic heterocycles. The topological polar surface area (TPSA) is 69.5 Å². The minimum atomic E-state index is -0.445. The van der Waals surface area contributed by atoms with Crippen molar-refractivity contribution in [1.82, 2.24) is 19.9 Å². The lowest BCUT2D eigenvalue weighted by Gasteiger charge is -2.37. The van der Waals surface area contributed by atoms with Gasteiger partial charge in [0.2, 0.25) is 0 Å². The number of hydrogen-bond donors (Lipinski definition) is 0. The molecule has 0 aliphatic carbocycles. The van der Waals surface area contributed by atoms with Gasteiger partial charge in [0.1, 0.15) is 0 Å². The van der Waals surface area contributed by atoms with E-state index in [0.717, 1.165) is 12.8 Å². The summed E-state index contributed by atoms with van der Waals surface area (Å²) in [6.07, 6.45) is 2.94. The van der Waals surface area contributed by atoms with Crippen LogP contribution in [0.15, 0.2) is 6.20 Å². The molecule has 1 aromatic rings. The predicted octanol–water partition coefficient (Wildman–Crippen LogP) is -0.206. The van der Waals surface area contributed by atoms with E-state index in [1.54, 1.807) is 11.9 Å². The Morgan fingerprint density at radius 2 is 2.00 bits per heavy atom. The van der Waals surface area contributed by atoms with Gasteiger partial charge in [0.15, 0.2) is 11.5 Å². The monoisotopic (exact) mass is 252 g/mol. The third kappa shape index (κ3) is 1.99. The summed E-state index contributed by atoms with van der Waals surface area (Å²) in [5.74, 6) is -0.518. The predicted molar refractivity (Wildman–Crippen MR) is 60.8 cm³/mol. The van der Waals surface area contributed by atoms with Gasteiger partial charge in [-0.3, -0.25) is 4.79 Å². The average Bonchev–Trinajstić information content (AvgIpc) is 3.00. The normalized spacial score (nSPS) is 22.6. The van der Waals surface area contributed by atoms with Crippen LogP contribution in [0.25, 0.3) is 0 Å². The van der Waals surface area contributed by atoms with Crippen molar-refractivity contribution in [3.05, 3.63) is 11.9 Å². The Bertz CT molecular complexity index is 443. The Balaban J connectivity index is 1.64. The van der Waals surface area contributed by atoms with E-state index in [9.17, 15) is 4.79 Å². The quantitative estimate of drug-likeness (QED) is 0.692. The summed E-state index contributed by atoms with van der Waals surface area (Å²) in [7, 11) is 1.70. The first kappa shape index (κ1) is 11.6. The molecule has 98 valence electrons. The van der Waals surface area contributed by atoms with Crippen LogP contribution in [0, 0.1) is 0 Å². The molecular formula is C11H16N4O3. The lowest BCUT2D eigenvalue weighted by atomic mass is 10.0. The van der Waals surface area contributed by atoms with Gasteiger partial charge in [-0.15, -0.1) is 5.10 Å². The van der Waals surface area contributed by atoms with Gasteiger partial charge in [0.05, 0.1) is 19.4 Å². The second-order valence-electron chi connectivity index (χ2n) is 4.62. The lowest BCUT2D eigenvalue weighted by molar-refractivity contribution is -0.181. The van der Waals surface area contributed by atoms with Crippen LogP contribution in [-0.4, -0.2) is 57.9 Å². The molecule has 7 heteroatoms. The Hall–Kier alpha value is -1.47. The minimum absolute atomic E-state index is 0.0732. The maximum atomic E-state index is 12.1. The van der Waals surface area contributed by atoms with Crippen molar-refractivity contribution >= 4 is 5.91 Å². The van der Waals surface area contributed by atoms with Crippen molar-refractivity contribution < 1.29 is 14.3 Å². The third-order valence-corrected chi connectivity index (χ3v) is 3.44. The molecule has 0 unspecified atom stereocenters. The molecule has 0 N–H and O–H groups in total. The van der Waals surface area contributed by atoms with Crippen molar-refractivity contribution in [2.45, 2.75) is 18.6 Å². The zero-order valence-corrected chi connectivity index (χ0v) is 10.3. The molecule has 2 aliphatic rings. The number of aryl methyl sites for hydroxylation is 1. The van der Waals surface area contributed by atoms with E-state index in [-0.39, 0.29) is 5.91 Å². The van der Waals surface area contributed by atoms with Crippen LogP contribution in [0.4, 0.5) is 0 Å². The zero-order chi connectivity index (χ0) is 12.6. The molecule has 1 amide bonds. The number of ether oxygens (including phenoxy) is 2. The smallest absolute Gasteiger partial charge is 0.276 e. The third-order valence-electron chi connectivity index (χ3n) is 3.44. The fourth-order valence-electron chi connectivity index (χ4n) is 2.44. The molecule has 0 saturated carbocycles. The Morgan fingerprint density at radius 1 is 1.33 bits per heavy atom. The van der Waals surface area contributed by atoms with Gasteiger partial charge in [-0.05, 0) is 0 Å². The maximum absolute atomic E-state index is 12.1. The van der Waals surface area contributed by atoms with Gasteiger partial charge in [-0.2, -0.15) is 9.90 Å². The number of rotatable bonds is 1. The highest BCUT2D eigenvalue weighted by Crippen LogP contribution is 2.31. The largest absolute Gasteiger partial charge is 0.347 e. The summed E-state index contributed by atoms with van der Waals surface area (Å²) in [6.45, 7) is 2.57. The summed E-state index contributed by atoms with van der Waals surface area (Å²) in [6, 6.07) is 0. The van der Waals surface area contributed by atoms with Gasteiger partial charge >= 0.3 is 0 Å². The van der Waals surface area contributed by atoms with E-state index in [4.69, 9.17) is 9.47 Å². The number of hydrogen-bond acceptors (Lipinski definition) is 5. The van der Waals surface area contributed by atoms with E-state index in [2.05, 4.69) is 10.2 Å². The van der Waals surface area contributed by atoms with Crippen LogP contribution in [0.2, 0.25) is 0 Å². The van der Waals surface area contributed by atoms with Crippen molar-refractivity contribution in [2.24, 2.45) is 7.05 Å². The van der Waals surface area contributed by atoms with Crippen molar-refractivity contribution in [1.29, 1.82) is 0 Å². The molecular weight excluding hydrogens is 236 g/mol. The van der Waals surface area contributed by atoms with Crippen molar-refractivity contribution in [3.63, 3.8) is 0 Å². The van der Waals surface area contributed by atoms with E-state index >= 15 is 0 Å². The Kier molecular flexibility index (Phi) is 2.79. The lowest BCUT2D eigenvalue weighted by Crippen LogP contribution is -2.47. The zero-order valence-electron chi connectivity index (χ0n) is 10.3. The van der Waals surface area contributed by atoms with E-state index in [0.29, 0.717) is 32.0 Å². The summed E-state index contributed by atoms with van der Waals surface area (Å²) in [5.41, 5.74) is 0.390. The van der Waals surface area contributed by atoms with Crippen molar-refractivity contribution in [2.75, 3.05) is 26.3 Å². The summed E-state index contributed by atoms with van der Waals surface area (Å²) < 4.78 is 11.3. The number of aromatic nitrogens is 3. The molecule has 1 aromatic heterocycles. The first-order valence-electron chi connectivity index (χ1n) is 6.12. The van der Waals surface area contributed by atoms with Gasteiger partial charge in [-0.1, -0.05) is 0 Å². The SMILES string of the molecule is Cn1ncc(C(=O)N2CCC3(CC2)OCCO3)n1. The van der Waals surface area contributed by atoms with E-state index in [1.165, 1.54) is 11.0 Å². The molecule has 0 radical (unpaired) electrons. The molecule has 1 spiro atoms. The van der Waals surface area contributed by atoms with Crippen LogP contribution in [0.3, 0.4) is 0 Å². The highest BCUT2D eigenvalue weighted by Gasteiger charge is 2.41. The molecule has 0 atom stereocenters. The number of likely N-dealkylation sites (tertiary alicyclic amines) is 1. The fourth-order valence-corrected chi connectivity index (χ4v) is 2.44. The second kappa shape index (κ2) is 4.33. The van der Waals surface area contributed by atoms with Crippen molar-refractivity contribution in [3.8, 4) is 0 Å². The van der Waals surface area contributed by atoms with Crippen LogP contribution < -0.4 is 0 Å². The van der Waals surface area contributed by atoms with Crippen LogP contribution in [0.1, 0.15) is 23.3 Å². The first-order chi connectivity index (χ1) is 8.69. The number of piperidine rings is 1. The first-order valence-corrected chi connectivity index (χ1v) is 6.12. The number of nitrogens with zero attached hydrogens (tertiary/aromatic N) is 4. The summed E-state index contributed by atoms with van der Waals surface area (Å²) in [4.78, 5) is 15.3.